The lowest BCUT2D eigenvalue weighted by molar-refractivity contribution is -0.138. The Kier molecular flexibility index (Phi) is 4.55. The maximum absolute atomic E-state index is 12.1. The van der Waals surface area contributed by atoms with E-state index in [0.717, 1.165) is 18.4 Å². The van der Waals surface area contributed by atoms with Gasteiger partial charge in [0.1, 0.15) is 0 Å². The van der Waals surface area contributed by atoms with Crippen molar-refractivity contribution in [1.82, 2.24) is 9.88 Å². The Morgan fingerprint density at radius 2 is 2.15 bits per heavy atom. The highest BCUT2D eigenvalue weighted by Gasteiger charge is 2.24. The maximum atomic E-state index is 12.1. The first-order valence-electron chi connectivity index (χ1n) is 6.74. The molecule has 0 radical (unpaired) electrons. The number of carboxylic acids is 1. The van der Waals surface area contributed by atoms with Crippen LogP contribution in [-0.2, 0) is 4.79 Å². The number of aliphatic carboxylic acids is 1. The van der Waals surface area contributed by atoms with Crippen molar-refractivity contribution < 1.29 is 14.7 Å². The highest BCUT2D eigenvalue weighted by molar-refractivity contribution is 5.89. The SMILES string of the molecule is Cc1ccncc1NC(=O)N1CCC(CC(=O)O)CC1. The van der Waals surface area contributed by atoms with Gasteiger partial charge >= 0.3 is 12.0 Å². The minimum atomic E-state index is -0.765. The lowest BCUT2D eigenvalue weighted by Crippen LogP contribution is -2.41. The molecule has 1 aliphatic rings. The van der Waals surface area contributed by atoms with Gasteiger partial charge < -0.3 is 15.3 Å². The van der Waals surface area contributed by atoms with Crippen LogP contribution in [-0.4, -0.2) is 40.1 Å². The van der Waals surface area contributed by atoms with Crippen LogP contribution in [0.2, 0.25) is 0 Å². The molecule has 0 unspecified atom stereocenters. The van der Waals surface area contributed by atoms with Gasteiger partial charge in [0.2, 0.25) is 0 Å². The van der Waals surface area contributed by atoms with Gasteiger partial charge in [-0.1, -0.05) is 0 Å². The first-order chi connectivity index (χ1) is 9.56. The zero-order valence-corrected chi connectivity index (χ0v) is 11.5. The van der Waals surface area contributed by atoms with Crippen LogP contribution < -0.4 is 5.32 Å². The number of amides is 2. The van der Waals surface area contributed by atoms with E-state index in [1.54, 1.807) is 17.3 Å². The van der Waals surface area contributed by atoms with Gasteiger partial charge in [-0.3, -0.25) is 9.78 Å². The molecule has 0 bridgehead atoms. The molecule has 6 heteroatoms. The minimum Gasteiger partial charge on any atom is -0.481 e. The van der Waals surface area contributed by atoms with Crippen LogP contribution >= 0.6 is 0 Å². The monoisotopic (exact) mass is 277 g/mol. The van der Waals surface area contributed by atoms with Crippen LogP contribution in [0.3, 0.4) is 0 Å². The van der Waals surface area contributed by atoms with Gasteiger partial charge in [-0.25, -0.2) is 4.79 Å². The van der Waals surface area contributed by atoms with E-state index in [-0.39, 0.29) is 18.4 Å². The van der Waals surface area contributed by atoms with Gasteiger partial charge in [0, 0.05) is 25.7 Å². The van der Waals surface area contributed by atoms with Crippen molar-refractivity contribution in [3.8, 4) is 0 Å². The maximum Gasteiger partial charge on any atom is 0.321 e. The summed E-state index contributed by atoms with van der Waals surface area (Å²) in [6, 6.07) is 1.70. The highest BCUT2D eigenvalue weighted by atomic mass is 16.4. The molecule has 0 atom stereocenters. The first kappa shape index (κ1) is 14.3. The van der Waals surface area contributed by atoms with Crippen molar-refractivity contribution in [2.75, 3.05) is 18.4 Å². The Morgan fingerprint density at radius 1 is 1.45 bits per heavy atom. The van der Waals surface area contributed by atoms with Crippen LogP contribution in [0, 0.1) is 12.8 Å². The number of aryl methyl sites for hydroxylation is 1. The topological polar surface area (TPSA) is 82.5 Å². The summed E-state index contributed by atoms with van der Waals surface area (Å²) in [5, 5.41) is 11.6. The van der Waals surface area contributed by atoms with E-state index in [2.05, 4.69) is 10.3 Å². The molecule has 1 fully saturated rings. The van der Waals surface area contributed by atoms with E-state index in [0.29, 0.717) is 18.8 Å². The van der Waals surface area contributed by atoms with Crippen LogP contribution in [0.5, 0.6) is 0 Å². The van der Waals surface area contributed by atoms with Crippen molar-refractivity contribution in [3.63, 3.8) is 0 Å². The average Bonchev–Trinajstić information content (AvgIpc) is 2.41. The minimum absolute atomic E-state index is 0.144. The molecule has 2 amide bonds. The number of pyridine rings is 1. The normalized spacial score (nSPS) is 15.9. The van der Waals surface area contributed by atoms with Crippen molar-refractivity contribution in [2.45, 2.75) is 26.2 Å². The molecule has 0 saturated carbocycles. The Hall–Kier alpha value is -2.11. The summed E-state index contributed by atoms with van der Waals surface area (Å²) in [5.41, 5.74) is 1.68. The molecule has 108 valence electrons. The van der Waals surface area contributed by atoms with E-state index in [1.165, 1.54) is 0 Å². The lowest BCUT2D eigenvalue weighted by Gasteiger charge is -2.31. The van der Waals surface area contributed by atoms with E-state index in [4.69, 9.17) is 5.11 Å². The zero-order chi connectivity index (χ0) is 14.5. The number of carbonyl (C=O) groups excluding carboxylic acids is 1. The molecule has 20 heavy (non-hydrogen) atoms. The van der Waals surface area contributed by atoms with Gasteiger partial charge in [0.05, 0.1) is 11.9 Å². The van der Waals surface area contributed by atoms with Gasteiger partial charge in [-0.15, -0.1) is 0 Å². The number of urea groups is 1. The largest absolute Gasteiger partial charge is 0.481 e. The van der Waals surface area contributed by atoms with Crippen molar-refractivity contribution >= 4 is 17.7 Å². The molecule has 2 N–H and O–H groups in total. The fraction of sp³-hybridized carbons (Fsp3) is 0.500. The molecule has 6 nitrogen and oxygen atoms in total. The van der Waals surface area contributed by atoms with Gasteiger partial charge in [-0.2, -0.15) is 0 Å². The number of hydrogen-bond donors (Lipinski definition) is 2. The number of likely N-dealkylation sites (tertiary alicyclic amines) is 1. The smallest absolute Gasteiger partial charge is 0.321 e. The number of nitrogens with one attached hydrogen (secondary N) is 1. The molecule has 1 aromatic rings. The fourth-order valence-corrected chi connectivity index (χ4v) is 2.38. The lowest BCUT2D eigenvalue weighted by atomic mass is 9.94. The summed E-state index contributed by atoms with van der Waals surface area (Å²) in [6.45, 7) is 3.11. The van der Waals surface area contributed by atoms with E-state index < -0.39 is 5.97 Å². The number of nitrogens with zero attached hydrogens (tertiary/aromatic N) is 2. The second-order valence-electron chi connectivity index (χ2n) is 5.15. The van der Waals surface area contributed by atoms with Crippen LogP contribution in [0.25, 0.3) is 0 Å². The van der Waals surface area contributed by atoms with E-state index >= 15 is 0 Å². The Bertz CT molecular complexity index is 496. The number of hydrogen-bond acceptors (Lipinski definition) is 3. The third kappa shape index (κ3) is 3.69. The Labute approximate surface area is 117 Å². The standard InChI is InChI=1S/C14H19N3O3/c1-10-2-5-15-9-12(10)16-14(20)17-6-3-11(4-7-17)8-13(18)19/h2,5,9,11H,3-4,6-8H2,1H3,(H,16,20)(H,18,19). The molecular weight excluding hydrogens is 258 g/mol. The van der Waals surface area contributed by atoms with Gasteiger partial charge in [-0.05, 0) is 37.3 Å². The van der Waals surface area contributed by atoms with Crippen molar-refractivity contribution in [3.05, 3.63) is 24.0 Å². The molecule has 0 aromatic carbocycles. The summed E-state index contributed by atoms with van der Waals surface area (Å²) < 4.78 is 0. The summed E-state index contributed by atoms with van der Waals surface area (Å²) in [5.74, 6) is -0.587. The van der Waals surface area contributed by atoms with Crippen molar-refractivity contribution in [2.24, 2.45) is 5.92 Å². The molecule has 0 spiro atoms. The summed E-state index contributed by atoms with van der Waals surface area (Å²) >= 11 is 0. The number of carboxylic acid groups (broad SMARTS) is 1. The predicted molar refractivity (Wildman–Crippen MR) is 74.5 cm³/mol. The second kappa shape index (κ2) is 6.36. The third-order valence-electron chi connectivity index (χ3n) is 3.65. The van der Waals surface area contributed by atoms with Gasteiger partial charge in [0.25, 0.3) is 0 Å². The predicted octanol–water partition coefficient (Wildman–Crippen LogP) is 2.11. The number of aromatic nitrogens is 1. The van der Waals surface area contributed by atoms with E-state index in [1.807, 2.05) is 13.0 Å². The quantitative estimate of drug-likeness (QED) is 0.886. The molecule has 2 rings (SSSR count). The highest BCUT2D eigenvalue weighted by Crippen LogP contribution is 2.21. The molecule has 0 aliphatic carbocycles. The molecule has 1 saturated heterocycles. The van der Waals surface area contributed by atoms with E-state index in [9.17, 15) is 9.59 Å². The van der Waals surface area contributed by atoms with Crippen LogP contribution in [0.1, 0.15) is 24.8 Å². The summed E-state index contributed by atoms with van der Waals surface area (Å²) in [4.78, 5) is 28.5. The number of rotatable bonds is 3. The third-order valence-corrected chi connectivity index (χ3v) is 3.65. The van der Waals surface area contributed by atoms with Gasteiger partial charge in [0.15, 0.2) is 0 Å². The summed E-state index contributed by atoms with van der Waals surface area (Å²) in [7, 11) is 0. The molecular formula is C14H19N3O3. The molecule has 1 aliphatic heterocycles. The average molecular weight is 277 g/mol. The Morgan fingerprint density at radius 3 is 2.75 bits per heavy atom. The first-order valence-corrected chi connectivity index (χ1v) is 6.74. The van der Waals surface area contributed by atoms with Crippen LogP contribution in [0.15, 0.2) is 18.5 Å². The van der Waals surface area contributed by atoms with Crippen molar-refractivity contribution in [1.29, 1.82) is 0 Å². The summed E-state index contributed by atoms with van der Waals surface area (Å²) in [6.07, 6.45) is 4.99. The number of carbonyl (C=O) groups is 2. The number of anilines is 1. The fourth-order valence-electron chi connectivity index (χ4n) is 2.38. The zero-order valence-electron chi connectivity index (χ0n) is 11.5. The number of piperidine rings is 1. The molecule has 2 heterocycles. The molecule has 1 aromatic heterocycles. The Balaban J connectivity index is 1.86. The second-order valence-corrected chi connectivity index (χ2v) is 5.15. The van der Waals surface area contributed by atoms with Crippen LogP contribution in [0.4, 0.5) is 10.5 Å².